The highest BCUT2D eigenvalue weighted by Crippen LogP contribution is 2.43. The van der Waals surface area contributed by atoms with Gasteiger partial charge in [0.05, 0.1) is 29.1 Å². The number of hydrogen-bond donors (Lipinski definition) is 1. The normalized spacial score (nSPS) is 18.4. The first-order chi connectivity index (χ1) is 21.3. The molecular weight excluding hydrogens is 558 g/mol. The Hall–Kier alpha value is -4.76. The highest BCUT2D eigenvalue weighted by Gasteiger charge is 2.41. The summed E-state index contributed by atoms with van der Waals surface area (Å²) in [6.07, 6.45) is 1.85. The van der Waals surface area contributed by atoms with Crippen LogP contribution in [0.4, 0.5) is 5.69 Å². The Morgan fingerprint density at radius 1 is 0.864 bits per heavy atom. The summed E-state index contributed by atoms with van der Waals surface area (Å²) in [5.74, 6) is -2.33. The van der Waals surface area contributed by atoms with Crippen LogP contribution in [0.5, 0.6) is 0 Å². The second-order valence-electron chi connectivity index (χ2n) is 11.2. The molecule has 1 N–H and O–H groups in total. The third-order valence-corrected chi connectivity index (χ3v) is 8.83. The Kier molecular flexibility index (Phi) is 9.25. The van der Waals surface area contributed by atoms with Crippen LogP contribution in [-0.2, 0) is 24.5 Å². The molecule has 0 spiro atoms. The van der Waals surface area contributed by atoms with Gasteiger partial charge in [0.1, 0.15) is 6.61 Å². The number of carbonyl (C=O) groups is 2. The molecule has 3 aromatic carbocycles. The number of nitro benzene ring substituents is 1. The number of nitro groups is 1. The van der Waals surface area contributed by atoms with Crippen LogP contribution < -0.4 is 5.32 Å². The number of carbonyl (C=O) groups excluding carboxylic acids is 2. The van der Waals surface area contributed by atoms with Crippen molar-refractivity contribution in [1.29, 1.82) is 0 Å². The van der Waals surface area contributed by atoms with Crippen molar-refractivity contribution in [3.05, 3.63) is 134 Å². The van der Waals surface area contributed by atoms with Crippen molar-refractivity contribution in [2.45, 2.75) is 38.0 Å². The van der Waals surface area contributed by atoms with Crippen molar-refractivity contribution in [3.8, 4) is 0 Å². The van der Waals surface area contributed by atoms with Crippen LogP contribution in [0.2, 0.25) is 0 Å². The van der Waals surface area contributed by atoms with Gasteiger partial charge in [-0.25, -0.2) is 9.59 Å². The molecule has 3 aromatic rings. The van der Waals surface area contributed by atoms with E-state index in [0.29, 0.717) is 17.9 Å². The fourth-order valence-corrected chi connectivity index (χ4v) is 6.62. The van der Waals surface area contributed by atoms with Crippen LogP contribution >= 0.6 is 0 Å². The van der Waals surface area contributed by atoms with E-state index in [9.17, 15) is 19.7 Å². The summed E-state index contributed by atoms with van der Waals surface area (Å²) >= 11 is 0. The van der Waals surface area contributed by atoms with Gasteiger partial charge in [-0.3, -0.25) is 15.0 Å². The number of dihydropyridines is 1. The monoisotopic (exact) mass is 595 g/mol. The Balaban J connectivity index is 1.32. The van der Waals surface area contributed by atoms with E-state index in [-0.39, 0.29) is 34.4 Å². The molecule has 1 unspecified atom stereocenters. The summed E-state index contributed by atoms with van der Waals surface area (Å²) in [4.78, 5) is 40.3. The van der Waals surface area contributed by atoms with E-state index >= 15 is 0 Å². The second kappa shape index (κ2) is 13.3. The Bertz CT molecular complexity index is 1550. The minimum absolute atomic E-state index is 0.0858. The number of rotatable bonds is 9. The van der Waals surface area contributed by atoms with Crippen LogP contribution in [0.15, 0.2) is 107 Å². The van der Waals surface area contributed by atoms with E-state index in [1.807, 2.05) is 12.1 Å². The van der Waals surface area contributed by atoms with Gasteiger partial charge in [-0.05, 0) is 50.9 Å². The Labute approximate surface area is 257 Å². The number of nitrogens with zero attached hydrogens (tertiary/aromatic N) is 2. The average Bonchev–Trinajstić information content (AvgIpc) is 3.05. The molecule has 9 heteroatoms. The zero-order valence-electron chi connectivity index (χ0n) is 25.2. The van der Waals surface area contributed by atoms with Crippen LogP contribution in [0.3, 0.4) is 0 Å². The average molecular weight is 596 g/mol. The van der Waals surface area contributed by atoms with Crippen molar-refractivity contribution >= 4 is 17.6 Å². The number of ether oxygens (including phenoxy) is 2. The SMILES string of the molecule is COC(=O)C1=C(C)NC(C)=C(C(=O)OCCN2CCC(c3ccccc3)(c3ccccc3)CC2)C1c1ccccc1[N+](=O)[O-]. The topological polar surface area (TPSA) is 111 Å². The number of esters is 2. The van der Waals surface area contributed by atoms with E-state index in [2.05, 4.69) is 58.7 Å². The van der Waals surface area contributed by atoms with Gasteiger partial charge in [0.25, 0.3) is 5.69 Å². The van der Waals surface area contributed by atoms with Crippen molar-refractivity contribution in [2.24, 2.45) is 0 Å². The molecule has 2 aliphatic rings. The van der Waals surface area contributed by atoms with E-state index in [4.69, 9.17) is 9.47 Å². The van der Waals surface area contributed by atoms with Crippen molar-refractivity contribution in [1.82, 2.24) is 10.2 Å². The molecule has 228 valence electrons. The first-order valence-electron chi connectivity index (χ1n) is 14.8. The van der Waals surface area contributed by atoms with Crippen LogP contribution in [-0.4, -0.2) is 55.1 Å². The number of para-hydroxylation sites is 1. The molecule has 0 aliphatic carbocycles. The van der Waals surface area contributed by atoms with Gasteiger partial charge in [-0.2, -0.15) is 0 Å². The lowest BCUT2D eigenvalue weighted by Crippen LogP contribution is -2.44. The van der Waals surface area contributed by atoms with Crippen molar-refractivity contribution < 1.29 is 24.0 Å². The molecule has 0 amide bonds. The summed E-state index contributed by atoms with van der Waals surface area (Å²) in [6, 6.07) is 27.3. The zero-order chi connectivity index (χ0) is 31.3. The smallest absolute Gasteiger partial charge is 0.336 e. The second-order valence-corrected chi connectivity index (χ2v) is 11.2. The molecule has 2 aliphatic heterocycles. The van der Waals surface area contributed by atoms with Crippen molar-refractivity contribution in [2.75, 3.05) is 33.4 Å². The van der Waals surface area contributed by atoms with Crippen LogP contribution in [0, 0.1) is 10.1 Å². The lowest BCUT2D eigenvalue weighted by atomic mass is 9.68. The van der Waals surface area contributed by atoms with Gasteiger partial charge in [0.2, 0.25) is 0 Å². The van der Waals surface area contributed by atoms with Crippen LogP contribution in [0.25, 0.3) is 0 Å². The highest BCUT2D eigenvalue weighted by molar-refractivity contribution is 6.00. The van der Waals surface area contributed by atoms with E-state index in [0.717, 1.165) is 25.9 Å². The minimum atomic E-state index is -1.02. The van der Waals surface area contributed by atoms with Gasteiger partial charge in [0.15, 0.2) is 0 Å². The summed E-state index contributed by atoms with van der Waals surface area (Å²) in [6.45, 7) is 5.73. The summed E-state index contributed by atoms with van der Waals surface area (Å²) in [7, 11) is 1.24. The molecule has 0 saturated carbocycles. The molecule has 5 rings (SSSR count). The number of methoxy groups -OCH3 is 1. The number of piperidine rings is 1. The first kappa shape index (κ1) is 30.7. The highest BCUT2D eigenvalue weighted by atomic mass is 16.6. The molecule has 1 saturated heterocycles. The van der Waals surface area contributed by atoms with Gasteiger partial charge < -0.3 is 14.8 Å². The fraction of sp³-hybridized carbons (Fsp3) is 0.314. The van der Waals surface area contributed by atoms with Gasteiger partial charge in [0, 0.05) is 35.0 Å². The molecule has 1 atom stereocenters. The van der Waals surface area contributed by atoms with Crippen molar-refractivity contribution in [3.63, 3.8) is 0 Å². The molecular formula is C35H37N3O6. The predicted molar refractivity (Wildman–Crippen MR) is 167 cm³/mol. The van der Waals surface area contributed by atoms with Crippen LogP contribution in [0.1, 0.15) is 49.3 Å². The number of hydrogen-bond acceptors (Lipinski definition) is 8. The third-order valence-electron chi connectivity index (χ3n) is 8.83. The summed E-state index contributed by atoms with van der Waals surface area (Å²) < 4.78 is 10.8. The van der Waals surface area contributed by atoms with E-state index in [1.165, 1.54) is 24.3 Å². The number of likely N-dealkylation sites (tertiary alicyclic amines) is 1. The maximum atomic E-state index is 13.7. The minimum Gasteiger partial charge on any atom is -0.466 e. The zero-order valence-corrected chi connectivity index (χ0v) is 25.2. The standard InChI is InChI=1S/C35H37N3O6/c1-24-30(33(39)43-3)32(28-16-10-11-17-29(28)38(41)42)31(25(2)36-24)34(40)44-23-22-37-20-18-35(19-21-37,26-12-6-4-7-13-26)27-14-8-5-9-15-27/h4-17,32,36H,18-23H2,1-3H3. The number of allylic oxidation sites excluding steroid dienone is 2. The summed E-state index contributed by atoms with van der Waals surface area (Å²) in [5.41, 5.74) is 3.76. The Morgan fingerprint density at radius 2 is 1.39 bits per heavy atom. The molecule has 44 heavy (non-hydrogen) atoms. The van der Waals surface area contributed by atoms with Gasteiger partial charge >= 0.3 is 11.9 Å². The third kappa shape index (κ3) is 6.01. The number of nitrogens with one attached hydrogen (secondary N) is 1. The van der Waals surface area contributed by atoms with Gasteiger partial charge in [-0.15, -0.1) is 0 Å². The molecule has 0 radical (unpaired) electrons. The predicted octanol–water partition coefficient (Wildman–Crippen LogP) is 5.63. The maximum absolute atomic E-state index is 13.7. The Morgan fingerprint density at radius 3 is 1.93 bits per heavy atom. The molecule has 0 aromatic heterocycles. The molecule has 9 nitrogen and oxygen atoms in total. The van der Waals surface area contributed by atoms with E-state index in [1.54, 1.807) is 32.0 Å². The molecule has 0 bridgehead atoms. The van der Waals surface area contributed by atoms with Gasteiger partial charge in [-0.1, -0.05) is 78.9 Å². The molecule has 1 fully saturated rings. The lowest BCUT2D eigenvalue weighted by molar-refractivity contribution is -0.385. The maximum Gasteiger partial charge on any atom is 0.336 e. The molecule has 2 heterocycles. The largest absolute Gasteiger partial charge is 0.466 e. The quantitative estimate of drug-likeness (QED) is 0.193. The lowest BCUT2D eigenvalue weighted by Gasteiger charge is -2.43. The number of benzene rings is 3. The fourth-order valence-electron chi connectivity index (χ4n) is 6.62. The summed E-state index contributed by atoms with van der Waals surface area (Å²) in [5, 5.41) is 15.0. The van der Waals surface area contributed by atoms with E-state index < -0.39 is 22.8 Å². The first-order valence-corrected chi connectivity index (χ1v) is 14.8.